The van der Waals surface area contributed by atoms with Crippen LogP contribution in [0.25, 0.3) is 0 Å². The monoisotopic (exact) mass is 227 g/mol. The summed E-state index contributed by atoms with van der Waals surface area (Å²) in [6.45, 7) is 2.62. The fourth-order valence-electron chi connectivity index (χ4n) is 1.83. The normalized spacial score (nSPS) is 25.0. The zero-order valence-corrected chi connectivity index (χ0v) is 9.30. The Bertz CT molecular complexity index is 363. The number of Topliss-reactive ketones (excluding diaryl/α,β-unsaturated/α-hetero) is 1. The van der Waals surface area contributed by atoms with Gasteiger partial charge in [-0.05, 0) is 24.6 Å². The highest BCUT2D eigenvalue weighted by Crippen LogP contribution is 2.28. The number of rotatable bonds is 1. The lowest BCUT2D eigenvalue weighted by atomic mass is 9.89. The molecule has 4 heteroatoms. The molecule has 2 N–H and O–H groups in total. The van der Waals surface area contributed by atoms with Gasteiger partial charge in [0.05, 0.1) is 0 Å². The summed E-state index contributed by atoms with van der Waals surface area (Å²) in [5.41, 5.74) is 0.353. The van der Waals surface area contributed by atoms with Gasteiger partial charge in [0.15, 0.2) is 5.78 Å². The van der Waals surface area contributed by atoms with Gasteiger partial charge < -0.3 is 10.4 Å². The topological polar surface area (TPSA) is 49.3 Å². The van der Waals surface area contributed by atoms with Crippen molar-refractivity contribution in [3.05, 3.63) is 29.8 Å². The molecule has 1 aliphatic rings. The van der Waals surface area contributed by atoms with Crippen molar-refractivity contribution in [2.75, 3.05) is 6.54 Å². The number of benzene rings is 1. The molecule has 3 nitrogen and oxygen atoms in total. The minimum Gasteiger partial charge on any atom is -0.508 e. The fourth-order valence-corrected chi connectivity index (χ4v) is 1.83. The Morgan fingerprint density at radius 2 is 1.93 bits per heavy atom. The van der Waals surface area contributed by atoms with Gasteiger partial charge in [-0.1, -0.05) is 12.1 Å². The molecule has 1 aliphatic heterocycles. The Labute approximate surface area is 94.9 Å². The maximum absolute atomic E-state index is 11.7. The van der Waals surface area contributed by atoms with Crippen LogP contribution < -0.4 is 5.32 Å². The molecule has 0 aromatic heterocycles. The summed E-state index contributed by atoms with van der Waals surface area (Å²) in [6, 6.07) is 6.78. The first-order valence-electron chi connectivity index (χ1n) is 4.71. The number of halogens is 1. The third-order valence-electron chi connectivity index (χ3n) is 2.83. The van der Waals surface area contributed by atoms with Crippen LogP contribution in [0.1, 0.15) is 18.9 Å². The molecule has 15 heavy (non-hydrogen) atoms. The molecule has 0 radical (unpaired) electrons. The van der Waals surface area contributed by atoms with Crippen molar-refractivity contribution in [2.45, 2.75) is 18.9 Å². The van der Waals surface area contributed by atoms with Crippen molar-refractivity contribution in [3.8, 4) is 5.75 Å². The van der Waals surface area contributed by atoms with Crippen molar-refractivity contribution in [1.29, 1.82) is 0 Å². The van der Waals surface area contributed by atoms with Gasteiger partial charge in [-0.25, -0.2) is 0 Å². The minimum absolute atomic E-state index is 0. The zero-order chi connectivity index (χ0) is 10.2. The molecule has 1 atom stereocenters. The highest BCUT2D eigenvalue weighted by Gasteiger charge is 2.38. The molecule has 0 amide bonds. The second-order valence-electron chi connectivity index (χ2n) is 3.77. The molecule has 2 rings (SSSR count). The van der Waals surface area contributed by atoms with E-state index in [9.17, 15) is 4.79 Å². The van der Waals surface area contributed by atoms with E-state index in [-0.39, 0.29) is 23.9 Å². The molecule has 1 aromatic carbocycles. The summed E-state index contributed by atoms with van der Waals surface area (Å²) >= 11 is 0. The highest BCUT2D eigenvalue weighted by molar-refractivity contribution is 5.91. The maximum atomic E-state index is 11.7. The van der Waals surface area contributed by atoms with E-state index in [1.54, 1.807) is 24.3 Å². The number of ketones is 1. The van der Waals surface area contributed by atoms with Gasteiger partial charge in [0.25, 0.3) is 0 Å². The van der Waals surface area contributed by atoms with E-state index >= 15 is 0 Å². The van der Waals surface area contributed by atoms with Gasteiger partial charge in [-0.15, -0.1) is 12.4 Å². The smallest absolute Gasteiger partial charge is 0.158 e. The largest absolute Gasteiger partial charge is 0.508 e. The number of nitrogens with one attached hydrogen (secondary N) is 1. The number of phenolic OH excluding ortho intramolecular Hbond substituents is 1. The maximum Gasteiger partial charge on any atom is 0.158 e. The fraction of sp³-hybridized carbons (Fsp3) is 0.364. The van der Waals surface area contributed by atoms with Crippen LogP contribution in [0.15, 0.2) is 24.3 Å². The van der Waals surface area contributed by atoms with E-state index in [4.69, 9.17) is 5.11 Å². The van der Waals surface area contributed by atoms with E-state index in [0.717, 1.165) is 12.1 Å². The van der Waals surface area contributed by atoms with Crippen LogP contribution in [0.5, 0.6) is 5.75 Å². The first-order valence-corrected chi connectivity index (χ1v) is 4.71. The molecule has 0 spiro atoms. The van der Waals surface area contributed by atoms with Crippen LogP contribution >= 0.6 is 12.4 Å². The lowest BCUT2D eigenvalue weighted by molar-refractivity contribution is -0.122. The SMILES string of the molecule is CC1(c2ccc(O)cc2)NCCC1=O.Cl. The number of hydrogen-bond acceptors (Lipinski definition) is 3. The van der Waals surface area contributed by atoms with E-state index in [1.165, 1.54) is 0 Å². The van der Waals surface area contributed by atoms with Gasteiger partial charge in [0.2, 0.25) is 0 Å². The predicted octanol–water partition coefficient (Wildman–Crippen LogP) is 1.59. The summed E-state index contributed by atoms with van der Waals surface area (Å²) in [7, 11) is 0. The molecule has 1 aromatic rings. The van der Waals surface area contributed by atoms with Crippen molar-refractivity contribution in [1.82, 2.24) is 5.32 Å². The van der Waals surface area contributed by atoms with Gasteiger partial charge in [-0.2, -0.15) is 0 Å². The van der Waals surface area contributed by atoms with Gasteiger partial charge >= 0.3 is 0 Å². The quantitative estimate of drug-likeness (QED) is 0.766. The first-order chi connectivity index (χ1) is 6.63. The van der Waals surface area contributed by atoms with Crippen LogP contribution in [-0.4, -0.2) is 17.4 Å². The van der Waals surface area contributed by atoms with Crippen LogP contribution in [0, 0.1) is 0 Å². The van der Waals surface area contributed by atoms with Crippen molar-refractivity contribution in [3.63, 3.8) is 0 Å². The van der Waals surface area contributed by atoms with Crippen molar-refractivity contribution < 1.29 is 9.90 Å². The summed E-state index contributed by atoms with van der Waals surface area (Å²) in [6.07, 6.45) is 0.581. The van der Waals surface area contributed by atoms with Crippen LogP contribution in [0.2, 0.25) is 0 Å². The standard InChI is InChI=1S/C11H13NO2.ClH/c1-11(10(14)6-7-12-11)8-2-4-9(13)5-3-8;/h2-5,12-13H,6-7H2,1H3;1H. The molecular formula is C11H14ClNO2. The predicted molar refractivity (Wildman–Crippen MR) is 60.3 cm³/mol. The Hall–Kier alpha value is -1.06. The van der Waals surface area contributed by atoms with Crippen LogP contribution in [0.3, 0.4) is 0 Å². The lowest BCUT2D eigenvalue weighted by Crippen LogP contribution is -2.38. The van der Waals surface area contributed by atoms with E-state index in [2.05, 4.69) is 5.32 Å². The van der Waals surface area contributed by atoms with Crippen molar-refractivity contribution in [2.24, 2.45) is 0 Å². The zero-order valence-electron chi connectivity index (χ0n) is 8.49. The number of carbonyl (C=O) groups excluding carboxylic acids is 1. The Balaban J connectivity index is 0.00000112. The van der Waals surface area contributed by atoms with Crippen LogP contribution in [0.4, 0.5) is 0 Å². The molecule has 1 heterocycles. The molecular weight excluding hydrogens is 214 g/mol. The number of phenols is 1. The molecule has 0 bridgehead atoms. The second-order valence-corrected chi connectivity index (χ2v) is 3.77. The highest BCUT2D eigenvalue weighted by atomic mass is 35.5. The lowest BCUT2D eigenvalue weighted by Gasteiger charge is -2.23. The molecule has 1 fully saturated rings. The third kappa shape index (κ3) is 1.98. The summed E-state index contributed by atoms with van der Waals surface area (Å²) in [4.78, 5) is 11.7. The minimum atomic E-state index is -0.562. The number of carbonyl (C=O) groups is 1. The molecule has 82 valence electrons. The number of hydrogen-bond donors (Lipinski definition) is 2. The van der Waals surface area contributed by atoms with E-state index < -0.39 is 5.54 Å². The molecule has 0 aliphatic carbocycles. The van der Waals surface area contributed by atoms with Gasteiger partial charge in [0.1, 0.15) is 11.3 Å². The average molecular weight is 228 g/mol. The first kappa shape index (κ1) is 12.0. The molecule has 1 unspecified atom stereocenters. The average Bonchev–Trinajstić information content (AvgIpc) is 2.49. The van der Waals surface area contributed by atoms with Crippen LogP contribution in [-0.2, 0) is 10.3 Å². The second kappa shape index (κ2) is 4.21. The van der Waals surface area contributed by atoms with Crippen molar-refractivity contribution >= 4 is 18.2 Å². The number of aromatic hydroxyl groups is 1. The van der Waals surface area contributed by atoms with Gasteiger partial charge in [0, 0.05) is 13.0 Å². The summed E-state index contributed by atoms with van der Waals surface area (Å²) < 4.78 is 0. The van der Waals surface area contributed by atoms with E-state index in [1.807, 2.05) is 6.92 Å². The Morgan fingerprint density at radius 1 is 1.33 bits per heavy atom. The summed E-state index contributed by atoms with van der Waals surface area (Å²) in [5.74, 6) is 0.436. The Morgan fingerprint density at radius 3 is 2.40 bits per heavy atom. The molecule has 0 saturated carbocycles. The van der Waals surface area contributed by atoms with E-state index in [0.29, 0.717) is 6.42 Å². The third-order valence-corrected chi connectivity index (χ3v) is 2.83. The molecule has 1 saturated heterocycles. The Kier molecular flexibility index (Phi) is 3.37. The summed E-state index contributed by atoms with van der Waals surface area (Å²) in [5, 5.41) is 12.3. The van der Waals surface area contributed by atoms with Gasteiger partial charge in [-0.3, -0.25) is 4.79 Å².